The number of aryl methyl sites for hydroxylation is 2. The Kier molecular flexibility index (Phi) is 7.29. The number of H-pyrrole nitrogens is 1. The minimum atomic E-state index is -0.136. The van der Waals surface area contributed by atoms with Crippen molar-refractivity contribution in [3.8, 4) is 11.4 Å². The third-order valence-corrected chi connectivity index (χ3v) is 7.14. The van der Waals surface area contributed by atoms with Crippen LogP contribution in [0.1, 0.15) is 48.8 Å². The minimum Gasteiger partial charge on any atom is -0.368 e. The Morgan fingerprint density at radius 2 is 1.91 bits per heavy atom. The van der Waals surface area contributed by atoms with Gasteiger partial charge in [-0.05, 0) is 76.2 Å². The molecule has 34 heavy (non-hydrogen) atoms. The molecule has 0 bridgehead atoms. The second-order valence-electron chi connectivity index (χ2n) is 9.42. The standard InChI is InChI=1S/C27H34ClN5O/c1-6-7-21-14-29-26(30-21)24-13-20(8-11-25(24)28)31-27(34)23-10-9-22(12-17(23)2)33-15-18(3)32(5)19(4)16-33/h8-14,18-19H,6-7,15-16H2,1-5H3,(H,29,30)(H,31,34)/t18-,19+. The highest BCUT2D eigenvalue weighted by molar-refractivity contribution is 6.33. The molecule has 0 aliphatic carbocycles. The minimum absolute atomic E-state index is 0.136. The van der Waals surface area contributed by atoms with Crippen molar-refractivity contribution >= 4 is 28.9 Å². The normalized spacial score (nSPS) is 18.8. The number of aromatic amines is 1. The highest BCUT2D eigenvalue weighted by Crippen LogP contribution is 2.30. The van der Waals surface area contributed by atoms with Crippen LogP contribution in [-0.4, -0.2) is 53.0 Å². The Hall–Kier alpha value is -2.83. The lowest BCUT2D eigenvalue weighted by Gasteiger charge is -2.43. The van der Waals surface area contributed by atoms with Gasteiger partial charge in [0.15, 0.2) is 0 Å². The number of nitrogens with one attached hydrogen (secondary N) is 2. The number of hydrogen-bond donors (Lipinski definition) is 2. The molecule has 2 atom stereocenters. The monoisotopic (exact) mass is 479 g/mol. The van der Waals surface area contributed by atoms with Crippen LogP contribution >= 0.6 is 11.6 Å². The van der Waals surface area contributed by atoms with Crippen LogP contribution in [-0.2, 0) is 6.42 Å². The smallest absolute Gasteiger partial charge is 0.255 e. The van der Waals surface area contributed by atoms with Gasteiger partial charge in [0.2, 0.25) is 0 Å². The second kappa shape index (κ2) is 10.2. The van der Waals surface area contributed by atoms with Gasteiger partial charge in [0.05, 0.1) is 5.02 Å². The van der Waals surface area contributed by atoms with Gasteiger partial charge >= 0.3 is 0 Å². The number of benzene rings is 2. The molecule has 4 rings (SSSR count). The summed E-state index contributed by atoms with van der Waals surface area (Å²) >= 11 is 6.44. The lowest BCUT2D eigenvalue weighted by Crippen LogP contribution is -2.55. The lowest BCUT2D eigenvalue weighted by atomic mass is 10.0. The van der Waals surface area contributed by atoms with Crippen molar-refractivity contribution in [3.63, 3.8) is 0 Å². The SMILES string of the molecule is CCCc1cnc(-c2cc(NC(=O)c3ccc(N4C[C@@H](C)N(C)[C@@H](C)C4)cc3C)ccc2Cl)[nH]1. The summed E-state index contributed by atoms with van der Waals surface area (Å²) in [7, 11) is 2.18. The van der Waals surface area contributed by atoms with Crippen LogP contribution in [0.25, 0.3) is 11.4 Å². The van der Waals surface area contributed by atoms with E-state index in [0.29, 0.717) is 34.2 Å². The van der Waals surface area contributed by atoms with Crippen LogP contribution in [0.2, 0.25) is 5.02 Å². The first-order chi connectivity index (χ1) is 16.3. The molecule has 0 unspecified atom stereocenters. The second-order valence-corrected chi connectivity index (χ2v) is 9.83. The number of rotatable bonds is 6. The van der Waals surface area contributed by atoms with Crippen molar-refractivity contribution in [1.82, 2.24) is 14.9 Å². The van der Waals surface area contributed by atoms with Crippen molar-refractivity contribution in [2.45, 2.75) is 52.6 Å². The number of carbonyl (C=O) groups is 1. The number of hydrogen-bond acceptors (Lipinski definition) is 4. The summed E-state index contributed by atoms with van der Waals surface area (Å²) in [6, 6.07) is 12.5. The summed E-state index contributed by atoms with van der Waals surface area (Å²) in [5.74, 6) is 0.573. The van der Waals surface area contributed by atoms with E-state index in [4.69, 9.17) is 11.6 Å². The third kappa shape index (κ3) is 5.13. The number of nitrogens with zero attached hydrogens (tertiary/aromatic N) is 3. The van der Waals surface area contributed by atoms with E-state index in [1.807, 2.05) is 31.3 Å². The van der Waals surface area contributed by atoms with Gasteiger partial charge in [-0.15, -0.1) is 0 Å². The maximum atomic E-state index is 13.1. The number of anilines is 2. The zero-order chi connectivity index (χ0) is 24.4. The molecule has 1 fully saturated rings. The largest absolute Gasteiger partial charge is 0.368 e. The van der Waals surface area contributed by atoms with E-state index < -0.39 is 0 Å². The van der Waals surface area contributed by atoms with Gasteiger partial charge in [0, 0.05) is 59.6 Å². The van der Waals surface area contributed by atoms with E-state index in [0.717, 1.165) is 48.4 Å². The molecule has 2 aromatic carbocycles. The summed E-state index contributed by atoms with van der Waals surface area (Å²) in [6.45, 7) is 10.6. The first-order valence-corrected chi connectivity index (χ1v) is 12.4. The van der Waals surface area contributed by atoms with Crippen LogP contribution in [0.3, 0.4) is 0 Å². The molecular weight excluding hydrogens is 446 g/mol. The maximum absolute atomic E-state index is 13.1. The third-order valence-electron chi connectivity index (χ3n) is 6.81. The highest BCUT2D eigenvalue weighted by atomic mass is 35.5. The first-order valence-electron chi connectivity index (χ1n) is 12.0. The van der Waals surface area contributed by atoms with Crippen LogP contribution in [0.4, 0.5) is 11.4 Å². The highest BCUT2D eigenvalue weighted by Gasteiger charge is 2.27. The Balaban J connectivity index is 1.50. The van der Waals surface area contributed by atoms with Crippen molar-refractivity contribution in [3.05, 3.63) is 64.4 Å². The molecule has 0 radical (unpaired) electrons. The van der Waals surface area contributed by atoms with Gasteiger partial charge in [-0.1, -0.05) is 24.9 Å². The van der Waals surface area contributed by atoms with Crippen LogP contribution in [0, 0.1) is 6.92 Å². The Bertz CT molecular complexity index is 1160. The van der Waals surface area contributed by atoms with E-state index in [1.54, 1.807) is 6.07 Å². The maximum Gasteiger partial charge on any atom is 0.255 e. The van der Waals surface area contributed by atoms with Gasteiger partial charge in [0.1, 0.15) is 5.82 Å². The van der Waals surface area contributed by atoms with E-state index in [-0.39, 0.29) is 5.91 Å². The van der Waals surface area contributed by atoms with Gasteiger partial charge < -0.3 is 15.2 Å². The van der Waals surface area contributed by atoms with E-state index in [9.17, 15) is 4.79 Å². The van der Waals surface area contributed by atoms with Crippen molar-refractivity contribution < 1.29 is 4.79 Å². The van der Waals surface area contributed by atoms with Crippen LogP contribution in [0.15, 0.2) is 42.6 Å². The average Bonchev–Trinajstić information content (AvgIpc) is 3.27. The zero-order valence-electron chi connectivity index (χ0n) is 20.7. The van der Waals surface area contributed by atoms with E-state index >= 15 is 0 Å². The Morgan fingerprint density at radius 3 is 2.59 bits per heavy atom. The molecule has 6 nitrogen and oxygen atoms in total. The Labute approximate surface area is 207 Å². The molecule has 0 saturated carbocycles. The van der Waals surface area contributed by atoms with Crippen molar-refractivity contribution in [2.75, 3.05) is 30.4 Å². The van der Waals surface area contributed by atoms with E-state index in [1.165, 1.54) is 0 Å². The van der Waals surface area contributed by atoms with Crippen LogP contribution in [0.5, 0.6) is 0 Å². The molecule has 1 aliphatic rings. The summed E-state index contributed by atoms with van der Waals surface area (Å²) in [6.07, 6.45) is 3.81. The molecule has 2 heterocycles. The first kappa shape index (κ1) is 24.3. The van der Waals surface area contributed by atoms with E-state index in [2.05, 4.69) is 65.0 Å². The number of carbonyl (C=O) groups excluding carboxylic acids is 1. The fraction of sp³-hybridized carbons (Fsp3) is 0.407. The predicted molar refractivity (Wildman–Crippen MR) is 141 cm³/mol. The number of imidazole rings is 1. The van der Waals surface area contributed by atoms with Gasteiger partial charge in [-0.25, -0.2) is 4.98 Å². The summed E-state index contributed by atoms with van der Waals surface area (Å²) in [4.78, 5) is 25.7. The molecular formula is C27H34ClN5O. The molecule has 1 aliphatic heterocycles. The number of likely N-dealkylation sites (N-methyl/N-ethyl adjacent to an activating group) is 1. The van der Waals surface area contributed by atoms with Crippen molar-refractivity contribution in [1.29, 1.82) is 0 Å². The lowest BCUT2D eigenvalue weighted by molar-refractivity contribution is 0.102. The predicted octanol–water partition coefficient (Wildman–Crippen LogP) is 5.77. The molecule has 3 aromatic rings. The quantitative estimate of drug-likeness (QED) is 0.471. The molecule has 7 heteroatoms. The number of aromatic nitrogens is 2. The topological polar surface area (TPSA) is 64.3 Å². The fourth-order valence-corrected chi connectivity index (χ4v) is 4.80. The molecule has 0 spiro atoms. The molecule has 2 N–H and O–H groups in total. The molecule has 1 saturated heterocycles. The number of piperazine rings is 1. The Morgan fingerprint density at radius 1 is 1.18 bits per heavy atom. The zero-order valence-corrected chi connectivity index (χ0v) is 21.4. The molecule has 1 aromatic heterocycles. The van der Waals surface area contributed by atoms with Gasteiger partial charge in [-0.2, -0.15) is 0 Å². The average molecular weight is 480 g/mol. The number of amides is 1. The van der Waals surface area contributed by atoms with Gasteiger partial charge in [0.25, 0.3) is 5.91 Å². The van der Waals surface area contributed by atoms with Gasteiger partial charge in [-0.3, -0.25) is 9.69 Å². The summed E-state index contributed by atoms with van der Waals surface area (Å²) in [5.41, 5.74) is 5.31. The van der Waals surface area contributed by atoms with Crippen LogP contribution < -0.4 is 10.2 Å². The molecule has 1 amide bonds. The summed E-state index contributed by atoms with van der Waals surface area (Å²) < 4.78 is 0. The van der Waals surface area contributed by atoms with Crippen molar-refractivity contribution in [2.24, 2.45) is 0 Å². The summed E-state index contributed by atoms with van der Waals surface area (Å²) in [5, 5.41) is 3.62. The fourth-order valence-electron chi connectivity index (χ4n) is 4.59. The molecule has 180 valence electrons. The number of halogens is 1.